The summed E-state index contributed by atoms with van der Waals surface area (Å²) in [6.45, 7) is 8.94. The molecule has 0 radical (unpaired) electrons. The van der Waals surface area contributed by atoms with Gasteiger partial charge in [0.2, 0.25) is 0 Å². The SMILES string of the molecule is CC(O)C1CCCN(CCC(C)(C)C#N)C1. The van der Waals surface area contributed by atoms with Gasteiger partial charge in [-0.05, 0) is 59.0 Å². The van der Waals surface area contributed by atoms with Gasteiger partial charge in [-0.2, -0.15) is 5.26 Å². The molecule has 2 atom stereocenters. The lowest BCUT2D eigenvalue weighted by molar-refractivity contribution is 0.0598. The van der Waals surface area contributed by atoms with E-state index in [1.54, 1.807) is 0 Å². The first-order chi connectivity index (χ1) is 7.44. The Kier molecular flexibility index (Phi) is 4.76. The van der Waals surface area contributed by atoms with Crippen molar-refractivity contribution in [1.29, 1.82) is 5.26 Å². The number of aliphatic hydroxyl groups is 1. The number of hydrogen-bond acceptors (Lipinski definition) is 3. The van der Waals surface area contributed by atoms with Gasteiger partial charge >= 0.3 is 0 Å². The summed E-state index contributed by atoms with van der Waals surface area (Å²) in [5, 5.41) is 18.5. The zero-order valence-corrected chi connectivity index (χ0v) is 10.7. The maximum atomic E-state index is 9.59. The second-order valence-electron chi connectivity index (χ2n) is 5.69. The Morgan fingerprint density at radius 3 is 2.81 bits per heavy atom. The van der Waals surface area contributed by atoms with Crippen LogP contribution in [0.15, 0.2) is 0 Å². The minimum atomic E-state index is -0.224. The summed E-state index contributed by atoms with van der Waals surface area (Å²) < 4.78 is 0. The van der Waals surface area contributed by atoms with E-state index in [-0.39, 0.29) is 11.5 Å². The molecule has 0 aliphatic carbocycles. The topological polar surface area (TPSA) is 47.3 Å². The summed E-state index contributed by atoms with van der Waals surface area (Å²) in [6, 6.07) is 2.34. The van der Waals surface area contributed by atoms with Crippen molar-refractivity contribution in [3.63, 3.8) is 0 Å². The van der Waals surface area contributed by atoms with Crippen LogP contribution >= 0.6 is 0 Å². The van der Waals surface area contributed by atoms with Crippen molar-refractivity contribution in [3.8, 4) is 6.07 Å². The van der Waals surface area contributed by atoms with Crippen LogP contribution in [0.25, 0.3) is 0 Å². The Balaban J connectivity index is 2.36. The van der Waals surface area contributed by atoms with Crippen LogP contribution in [0.1, 0.15) is 40.0 Å². The minimum Gasteiger partial charge on any atom is -0.393 e. The molecule has 0 amide bonds. The molecule has 0 spiro atoms. The van der Waals surface area contributed by atoms with E-state index in [1.807, 2.05) is 20.8 Å². The molecule has 3 heteroatoms. The average molecular weight is 224 g/mol. The third kappa shape index (κ3) is 4.11. The fourth-order valence-corrected chi connectivity index (χ4v) is 2.18. The van der Waals surface area contributed by atoms with Gasteiger partial charge in [0, 0.05) is 6.54 Å². The van der Waals surface area contributed by atoms with E-state index in [1.165, 1.54) is 6.42 Å². The summed E-state index contributed by atoms with van der Waals surface area (Å²) >= 11 is 0. The molecule has 1 saturated heterocycles. The zero-order valence-electron chi connectivity index (χ0n) is 10.7. The normalized spacial score (nSPS) is 25.1. The zero-order chi connectivity index (χ0) is 12.2. The second kappa shape index (κ2) is 5.65. The van der Waals surface area contributed by atoms with Gasteiger partial charge in [0.15, 0.2) is 0 Å². The minimum absolute atomic E-state index is 0.202. The molecule has 2 unspecified atom stereocenters. The lowest BCUT2D eigenvalue weighted by Gasteiger charge is -2.35. The standard InChI is InChI=1S/C13H24N2O/c1-11(16)12-5-4-7-15(9-12)8-6-13(2,3)10-14/h11-12,16H,4-9H2,1-3H3. The lowest BCUT2D eigenvalue weighted by atomic mass is 9.89. The van der Waals surface area contributed by atoms with E-state index in [0.717, 1.165) is 32.5 Å². The Labute approximate surface area is 99.1 Å². The number of nitrogens with zero attached hydrogens (tertiary/aromatic N) is 2. The molecule has 3 nitrogen and oxygen atoms in total. The van der Waals surface area contributed by atoms with Crippen LogP contribution in [0.4, 0.5) is 0 Å². The molecule has 0 aromatic rings. The van der Waals surface area contributed by atoms with Gasteiger partial charge in [0.25, 0.3) is 0 Å². The Morgan fingerprint density at radius 1 is 1.56 bits per heavy atom. The molecule has 0 aromatic heterocycles. The highest BCUT2D eigenvalue weighted by Gasteiger charge is 2.25. The molecule has 1 aliphatic heterocycles. The van der Waals surface area contributed by atoms with E-state index in [9.17, 15) is 5.11 Å². The molecule has 1 rings (SSSR count). The average Bonchev–Trinajstić information content (AvgIpc) is 2.27. The molecular weight excluding hydrogens is 200 g/mol. The smallest absolute Gasteiger partial charge is 0.0684 e. The number of aliphatic hydroxyl groups excluding tert-OH is 1. The van der Waals surface area contributed by atoms with Crippen LogP contribution < -0.4 is 0 Å². The first-order valence-corrected chi connectivity index (χ1v) is 6.26. The van der Waals surface area contributed by atoms with Gasteiger partial charge in [-0.3, -0.25) is 0 Å². The van der Waals surface area contributed by atoms with Crippen LogP contribution in [-0.2, 0) is 0 Å². The predicted molar refractivity (Wildman–Crippen MR) is 64.9 cm³/mol. The maximum Gasteiger partial charge on any atom is 0.0684 e. The van der Waals surface area contributed by atoms with Gasteiger partial charge < -0.3 is 10.0 Å². The highest BCUT2D eigenvalue weighted by atomic mass is 16.3. The van der Waals surface area contributed by atoms with E-state index in [4.69, 9.17) is 5.26 Å². The third-order valence-electron chi connectivity index (χ3n) is 3.58. The fraction of sp³-hybridized carbons (Fsp3) is 0.923. The van der Waals surface area contributed by atoms with Crippen LogP contribution in [0.3, 0.4) is 0 Å². The molecule has 0 aromatic carbocycles. The summed E-state index contributed by atoms with van der Waals surface area (Å²) in [5.74, 6) is 0.416. The molecule has 1 fully saturated rings. The Hall–Kier alpha value is -0.590. The van der Waals surface area contributed by atoms with Gasteiger partial charge in [-0.15, -0.1) is 0 Å². The number of rotatable bonds is 4. The number of piperidine rings is 1. The first kappa shape index (κ1) is 13.5. The van der Waals surface area contributed by atoms with Crippen molar-refractivity contribution >= 4 is 0 Å². The second-order valence-corrected chi connectivity index (χ2v) is 5.69. The van der Waals surface area contributed by atoms with Gasteiger partial charge in [0.05, 0.1) is 17.6 Å². The molecule has 0 bridgehead atoms. The molecule has 1 N–H and O–H groups in total. The van der Waals surface area contributed by atoms with Crippen LogP contribution in [0.2, 0.25) is 0 Å². The predicted octanol–water partition coefficient (Wildman–Crippen LogP) is 2.02. The molecule has 1 aliphatic rings. The quantitative estimate of drug-likeness (QED) is 0.794. The maximum absolute atomic E-state index is 9.59. The summed E-state index contributed by atoms with van der Waals surface area (Å²) in [7, 11) is 0. The Morgan fingerprint density at radius 2 is 2.25 bits per heavy atom. The highest BCUT2D eigenvalue weighted by Crippen LogP contribution is 2.23. The van der Waals surface area contributed by atoms with Crippen LogP contribution in [-0.4, -0.2) is 35.7 Å². The first-order valence-electron chi connectivity index (χ1n) is 6.26. The van der Waals surface area contributed by atoms with Crippen molar-refractivity contribution in [2.75, 3.05) is 19.6 Å². The molecular formula is C13H24N2O. The number of nitriles is 1. The summed E-state index contributed by atoms with van der Waals surface area (Å²) in [4.78, 5) is 2.39. The highest BCUT2D eigenvalue weighted by molar-refractivity contribution is 4.92. The van der Waals surface area contributed by atoms with Crippen molar-refractivity contribution in [1.82, 2.24) is 4.90 Å². The van der Waals surface area contributed by atoms with Gasteiger partial charge in [-0.25, -0.2) is 0 Å². The molecule has 1 heterocycles. The molecule has 16 heavy (non-hydrogen) atoms. The third-order valence-corrected chi connectivity index (χ3v) is 3.58. The van der Waals surface area contributed by atoms with E-state index in [2.05, 4.69) is 11.0 Å². The van der Waals surface area contributed by atoms with Crippen molar-refractivity contribution in [3.05, 3.63) is 0 Å². The number of hydrogen-bond donors (Lipinski definition) is 1. The summed E-state index contributed by atoms with van der Waals surface area (Å²) in [6.07, 6.45) is 3.01. The fourth-order valence-electron chi connectivity index (χ4n) is 2.18. The van der Waals surface area contributed by atoms with Gasteiger partial charge in [-0.1, -0.05) is 0 Å². The van der Waals surface area contributed by atoms with Crippen LogP contribution in [0.5, 0.6) is 0 Å². The number of likely N-dealkylation sites (tertiary alicyclic amines) is 1. The molecule has 92 valence electrons. The summed E-state index contributed by atoms with van der Waals surface area (Å²) in [5.41, 5.74) is -0.224. The van der Waals surface area contributed by atoms with E-state index >= 15 is 0 Å². The van der Waals surface area contributed by atoms with Crippen molar-refractivity contribution in [2.45, 2.75) is 46.1 Å². The van der Waals surface area contributed by atoms with Crippen LogP contribution in [0, 0.1) is 22.7 Å². The monoisotopic (exact) mass is 224 g/mol. The van der Waals surface area contributed by atoms with Crippen molar-refractivity contribution in [2.24, 2.45) is 11.3 Å². The Bertz CT molecular complexity index is 255. The van der Waals surface area contributed by atoms with Crippen molar-refractivity contribution < 1.29 is 5.11 Å². The largest absolute Gasteiger partial charge is 0.393 e. The van der Waals surface area contributed by atoms with E-state index < -0.39 is 0 Å². The molecule has 0 saturated carbocycles. The van der Waals surface area contributed by atoms with Gasteiger partial charge in [0.1, 0.15) is 0 Å². The van der Waals surface area contributed by atoms with E-state index in [0.29, 0.717) is 5.92 Å². The lowest BCUT2D eigenvalue weighted by Crippen LogP contribution is -2.40.